The Morgan fingerprint density at radius 3 is 1.94 bits per heavy atom. The van der Waals surface area contributed by atoms with Crippen LogP contribution < -0.4 is 11.1 Å². The number of nitrogens with two attached hydrogens (primary N) is 1. The molecule has 0 radical (unpaired) electrons. The quantitative estimate of drug-likeness (QED) is 0.720. The van der Waals surface area contributed by atoms with Gasteiger partial charge in [0.05, 0.1) is 6.04 Å². The predicted octanol–water partition coefficient (Wildman–Crippen LogP) is 2.40. The Bertz CT molecular complexity index is 218. The van der Waals surface area contributed by atoms with Crippen LogP contribution in [0.2, 0.25) is 0 Å². The fourth-order valence-corrected chi connectivity index (χ4v) is 2.09. The first-order chi connectivity index (χ1) is 7.81. The third-order valence-corrected chi connectivity index (χ3v) is 3.78. The molecule has 0 aliphatic heterocycles. The van der Waals surface area contributed by atoms with Gasteiger partial charge in [-0.25, -0.2) is 0 Å². The Morgan fingerprint density at radius 1 is 1.12 bits per heavy atom. The first kappa shape index (κ1) is 16.4. The Balaban J connectivity index is 4.22. The maximum atomic E-state index is 11.9. The molecule has 0 aromatic rings. The van der Waals surface area contributed by atoms with Crippen molar-refractivity contribution in [2.45, 2.75) is 54.0 Å². The van der Waals surface area contributed by atoms with E-state index in [4.69, 9.17) is 5.73 Å². The van der Waals surface area contributed by atoms with Gasteiger partial charge in [-0.1, -0.05) is 48.0 Å². The molecule has 0 spiro atoms. The van der Waals surface area contributed by atoms with Crippen LogP contribution in [-0.4, -0.2) is 18.5 Å². The summed E-state index contributed by atoms with van der Waals surface area (Å²) in [5, 5.41) is 3.00. The van der Waals surface area contributed by atoms with E-state index >= 15 is 0 Å². The molecule has 3 N–H and O–H groups in total. The largest absolute Gasteiger partial charge is 0.354 e. The number of hydrogen-bond donors (Lipinski definition) is 2. The lowest BCUT2D eigenvalue weighted by molar-refractivity contribution is -0.123. The fraction of sp³-hybridized carbons (Fsp3) is 0.929. The summed E-state index contributed by atoms with van der Waals surface area (Å²) in [6, 6.07) is -0.375. The highest BCUT2D eigenvalue weighted by atomic mass is 16.2. The monoisotopic (exact) mass is 242 g/mol. The van der Waals surface area contributed by atoms with E-state index < -0.39 is 0 Å². The summed E-state index contributed by atoms with van der Waals surface area (Å²) in [6.45, 7) is 13.6. The predicted molar refractivity (Wildman–Crippen MR) is 73.6 cm³/mol. The van der Waals surface area contributed by atoms with Crippen LogP contribution in [0.4, 0.5) is 0 Å². The standard InChI is InChI=1S/C14H30N2O/c1-7-11(6)13(15)14(17)16-8-12(9(2)3)10(4)5/h9-13H,7-8,15H2,1-6H3,(H,16,17). The summed E-state index contributed by atoms with van der Waals surface area (Å²) < 4.78 is 0. The van der Waals surface area contributed by atoms with Crippen LogP contribution in [0.1, 0.15) is 48.0 Å². The molecule has 2 unspecified atom stereocenters. The molecule has 0 aromatic carbocycles. The number of carbonyl (C=O) groups is 1. The van der Waals surface area contributed by atoms with Crippen LogP contribution in [0.5, 0.6) is 0 Å². The molecule has 102 valence electrons. The van der Waals surface area contributed by atoms with Crippen molar-refractivity contribution in [3.05, 3.63) is 0 Å². The van der Waals surface area contributed by atoms with Gasteiger partial charge in [-0.05, 0) is 23.7 Å². The summed E-state index contributed by atoms with van der Waals surface area (Å²) in [5.74, 6) is 1.91. The molecule has 0 aromatic heterocycles. The first-order valence-electron chi connectivity index (χ1n) is 6.84. The molecule has 0 aliphatic carbocycles. The van der Waals surface area contributed by atoms with Crippen molar-refractivity contribution in [3.63, 3.8) is 0 Å². The second-order valence-corrected chi connectivity index (χ2v) is 5.81. The highest BCUT2D eigenvalue weighted by Gasteiger charge is 2.22. The minimum atomic E-state index is -0.375. The Labute approximate surface area is 107 Å². The van der Waals surface area contributed by atoms with Crippen LogP contribution in [0.25, 0.3) is 0 Å². The number of rotatable bonds is 7. The SMILES string of the molecule is CCC(C)C(N)C(=O)NCC(C(C)C)C(C)C. The summed E-state index contributed by atoms with van der Waals surface area (Å²) in [5.41, 5.74) is 5.90. The highest BCUT2D eigenvalue weighted by Crippen LogP contribution is 2.19. The van der Waals surface area contributed by atoms with Crippen molar-refractivity contribution in [2.24, 2.45) is 29.4 Å². The Hall–Kier alpha value is -0.570. The molecule has 0 rings (SSSR count). The number of carbonyl (C=O) groups excluding carboxylic acids is 1. The zero-order valence-corrected chi connectivity index (χ0v) is 12.3. The Kier molecular flexibility index (Phi) is 7.44. The van der Waals surface area contributed by atoms with Crippen molar-refractivity contribution >= 4 is 5.91 Å². The van der Waals surface area contributed by atoms with E-state index in [2.05, 4.69) is 39.9 Å². The molecule has 0 aliphatic rings. The summed E-state index contributed by atoms with van der Waals surface area (Å²) in [7, 11) is 0. The molecule has 0 fully saturated rings. The zero-order chi connectivity index (χ0) is 13.6. The second kappa shape index (κ2) is 7.70. The molecule has 17 heavy (non-hydrogen) atoms. The summed E-state index contributed by atoms with van der Waals surface area (Å²) in [4.78, 5) is 11.9. The van der Waals surface area contributed by atoms with E-state index in [1.54, 1.807) is 0 Å². The van der Waals surface area contributed by atoms with Crippen molar-refractivity contribution in [3.8, 4) is 0 Å². The van der Waals surface area contributed by atoms with Crippen LogP contribution in [0.15, 0.2) is 0 Å². The molecule has 0 saturated heterocycles. The maximum absolute atomic E-state index is 11.9. The molecule has 0 saturated carbocycles. The van der Waals surface area contributed by atoms with Gasteiger partial charge in [-0.15, -0.1) is 0 Å². The van der Waals surface area contributed by atoms with Crippen molar-refractivity contribution in [2.75, 3.05) is 6.54 Å². The topological polar surface area (TPSA) is 55.1 Å². The second-order valence-electron chi connectivity index (χ2n) is 5.81. The van der Waals surface area contributed by atoms with Crippen LogP contribution >= 0.6 is 0 Å². The summed E-state index contributed by atoms with van der Waals surface area (Å²) in [6.07, 6.45) is 0.937. The zero-order valence-electron chi connectivity index (χ0n) is 12.3. The smallest absolute Gasteiger partial charge is 0.237 e. The van der Waals surface area contributed by atoms with E-state index in [0.29, 0.717) is 17.8 Å². The van der Waals surface area contributed by atoms with Crippen molar-refractivity contribution < 1.29 is 4.79 Å². The van der Waals surface area contributed by atoms with Crippen molar-refractivity contribution in [1.29, 1.82) is 0 Å². The number of nitrogens with one attached hydrogen (secondary N) is 1. The fourth-order valence-electron chi connectivity index (χ4n) is 2.09. The van der Waals surface area contributed by atoms with Gasteiger partial charge >= 0.3 is 0 Å². The lowest BCUT2D eigenvalue weighted by Gasteiger charge is -2.26. The molecular formula is C14H30N2O. The van der Waals surface area contributed by atoms with E-state index in [1.165, 1.54) is 0 Å². The van der Waals surface area contributed by atoms with Gasteiger partial charge < -0.3 is 11.1 Å². The van der Waals surface area contributed by atoms with Gasteiger partial charge in [0.25, 0.3) is 0 Å². The molecule has 3 nitrogen and oxygen atoms in total. The van der Waals surface area contributed by atoms with Crippen LogP contribution in [-0.2, 0) is 4.79 Å². The molecule has 0 bridgehead atoms. The molecule has 0 heterocycles. The van der Waals surface area contributed by atoms with Gasteiger partial charge in [0, 0.05) is 6.54 Å². The van der Waals surface area contributed by atoms with Gasteiger partial charge in [0.2, 0.25) is 5.91 Å². The van der Waals surface area contributed by atoms with Crippen molar-refractivity contribution in [1.82, 2.24) is 5.32 Å². The molecule has 3 heteroatoms. The third-order valence-electron chi connectivity index (χ3n) is 3.78. The van der Waals surface area contributed by atoms with Crippen LogP contribution in [0.3, 0.4) is 0 Å². The lowest BCUT2D eigenvalue weighted by atomic mass is 9.85. The van der Waals surface area contributed by atoms with E-state index in [9.17, 15) is 4.79 Å². The first-order valence-corrected chi connectivity index (χ1v) is 6.84. The summed E-state index contributed by atoms with van der Waals surface area (Å²) >= 11 is 0. The van der Waals surface area contributed by atoms with Gasteiger partial charge in [0.15, 0.2) is 0 Å². The van der Waals surface area contributed by atoms with E-state index in [0.717, 1.165) is 13.0 Å². The van der Waals surface area contributed by atoms with Gasteiger partial charge in [-0.3, -0.25) is 4.79 Å². The third kappa shape index (κ3) is 5.53. The van der Waals surface area contributed by atoms with Crippen LogP contribution in [0, 0.1) is 23.7 Å². The van der Waals surface area contributed by atoms with Gasteiger partial charge in [0.1, 0.15) is 0 Å². The molecular weight excluding hydrogens is 212 g/mol. The van der Waals surface area contributed by atoms with Gasteiger partial charge in [-0.2, -0.15) is 0 Å². The molecule has 1 amide bonds. The average Bonchev–Trinajstić information content (AvgIpc) is 2.25. The van der Waals surface area contributed by atoms with E-state index in [1.807, 2.05) is 6.92 Å². The molecule has 2 atom stereocenters. The number of amides is 1. The van der Waals surface area contributed by atoms with E-state index in [-0.39, 0.29) is 17.9 Å². The number of hydrogen-bond acceptors (Lipinski definition) is 2. The highest BCUT2D eigenvalue weighted by molar-refractivity contribution is 5.81. The average molecular weight is 242 g/mol. The maximum Gasteiger partial charge on any atom is 0.237 e. The minimum Gasteiger partial charge on any atom is -0.354 e. The lowest BCUT2D eigenvalue weighted by Crippen LogP contribution is -2.46. The Morgan fingerprint density at radius 2 is 1.59 bits per heavy atom. The minimum absolute atomic E-state index is 0.00866. The normalized spacial score (nSPS) is 15.4.